The molecule has 4 heteroatoms. The molecule has 78 valence electrons. The van der Waals surface area contributed by atoms with Crippen LogP contribution < -0.4 is 5.32 Å². The Labute approximate surface area is 84.5 Å². The first-order valence-electron chi connectivity index (χ1n) is 5.40. The van der Waals surface area contributed by atoms with Gasteiger partial charge in [-0.2, -0.15) is 15.4 Å². The summed E-state index contributed by atoms with van der Waals surface area (Å²) in [6, 6.07) is 0. The van der Waals surface area contributed by atoms with Gasteiger partial charge in [-0.1, -0.05) is 13.8 Å². The fourth-order valence-corrected chi connectivity index (χ4v) is 2.06. The third kappa shape index (κ3) is 1.80. The number of nitrogens with zero attached hydrogens (tertiary/aromatic N) is 2. The van der Waals surface area contributed by atoms with Gasteiger partial charge in [0.25, 0.3) is 0 Å². The molecule has 14 heavy (non-hydrogen) atoms. The standard InChI is InChI=1S/C10H18N4/c1-7(2)9-10(13-14-12-9)8-4-3-5-11-6-8/h7-8,11H,3-6H2,1-2H3,(H,12,13,14). The quantitative estimate of drug-likeness (QED) is 0.748. The number of aromatic amines is 1. The van der Waals surface area contributed by atoms with Crippen LogP contribution in [-0.2, 0) is 0 Å². The van der Waals surface area contributed by atoms with Gasteiger partial charge in [0.15, 0.2) is 0 Å². The molecule has 1 aromatic heterocycles. The number of aromatic nitrogens is 3. The van der Waals surface area contributed by atoms with Crippen LogP contribution in [-0.4, -0.2) is 28.5 Å². The summed E-state index contributed by atoms with van der Waals surface area (Å²) in [5, 5.41) is 14.7. The molecule has 4 nitrogen and oxygen atoms in total. The average Bonchev–Trinajstić information content (AvgIpc) is 2.67. The molecule has 1 fully saturated rings. The van der Waals surface area contributed by atoms with E-state index in [-0.39, 0.29) is 0 Å². The van der Waals surface area contributed by atoms with E-state index in [0.29, 0.717) is 11.8 Å². The van der Waals surface area contributed by atoms with E-state index in [2.05, 4.69) is 34.6 Å². The van der Waals surface area contributed by atoms with E-state index in [1.165, 1.54) is 18.5 Å². The van der Waals surface area contributed by atoms with Crippen LogP contribution in [0, 0.1) is 0 Å². The van der Waals surface area contributed by atoms with E-state index >= 15 is 0 Å². The molecule has 1 unspecified atom stereocenters. The van der Waals surface area contributed by atoms with Gasteiger partial charge in [-0.3, -0.25) is 0 Å². The number of hydrogen-bond acceptors (Lipinski definition) is 3. The van der Waals surface area contributed by atoms with Gasteiger partial charge in [-0.25, -0.2) is 0 Å². The highest BCUT2D eigenvalue weighted by atomic mass is 15.3. The maximum Gasteiger partial charge on any atom is 0.0902 e. The molecule has 1 atom stereocenters. The lowest BCUT2D eigenvalue weighted by atomic mass is 9.92. The van der Waals surface area contributed by atoms with E-state index < -0.39 is 0 Å². The van der Waals surface area contributed by atoms with Crippen molar-refractivity contribution in [3.63, 3.8) is 0 Å². The zero-order valence-corrected chi connectivity index (χ0v) is 8.88. The van der Waals surface area contributed by atoms with E-state index in [1.807, 2.05) is 0 Å². The molecular weight excluding hydrogens is 176 g/mol. The minimum atomic E-state index is 0.464. The molecular formula is C10H18N4. The Hall–Kier alpha value is -0.900. The van der Waals surface area contributed by atoms with Crippen molar-refractivity contribution in [2.75, 3.05) is 13.1 Å². The first-order chi connectivity index (χ1) is 6.79. The Bertz CT molecular complexity index is 286. The van der Waals surface area contributed by atoms with Gasteiger partial charge >= 0.3 is 0 Å². The Morgan fingerprint density at radius 1 is 1.36 bits per heavy atom. The Morgan fingerprint density at radius 2 is 2.21 bits per heavy atom. The summed E-state index contributed by atoms with van der Waals surface area (Å²) in [7, 11) is 0. The Balaban J connectivity index is 2.17. The predicted octanol–water partition coefficient (Wildman–Crippen LogP) is 1.40. The van der Waals surface area contributed by atoms with E-state index in [9.17, 15) is 0 Å². The largest absolute Gasteiger partial charge is 0.316 e. The summed E-state index contributed by atoms with van der Waals surface area (Å²) in [6.45, 7) is 6.52. The van der Waals surface area contributed by atoms with Crippen LogP contribution in [0.4, 0.5) is 0 Å². The fourth-order valence-electron chi connectivity index (χ4n) is 2.06. The molecule has 2 rings (SSSR count). The highest BCUT2D eigenvalue weighted by Gasteiger charge is 2.22. The molecule has 1 aliphatic rings. The monoisotopic (exact) mass is 194 g/mol. The molecule has 1 aromatic rings. The molecule has 0 aromatic carbocycles. The van der Waals surface area contributed by atoms with Crippen molar-refractivity contribution in [3.8, 4) is 0 Å². The van der Waals surface area contributed by atoms with Gasteiger partial charge in [0.05, 0.1) is 11.4 Å². The summed E-state index contributed by atoms with van der Waals surface area (Å²) in [5.41, 5.74) is 2.31. The van der Waals surface area contributed by atoms with Crippen molar-refractivity contribution >= 4 is 0 Å². The average molecular weight is 194 g/mol. The van der Waals surface area contributed by atoms with Crippen LogP contribution in [0.5, 0.6) is 0 Å². The van der Waals surface area contributed by atoms with Crippen molar-refractivity contribution in [1.82, 2.24) is 20.7 Å². The highest BCUT2D eigenvalue weighted by molar-refractivity contribution is 5.18. The van der Waals surface area contributed by atoms with Gasteiger partial charge in [-0.15, -0.1) is 0 Å². The zero-order valence-electron chi connectivity index (χ0n) is 8.88. The zero-order chi connectivity index (χ0) is 9.97. The third-order valence-corrected chi connectivity index (χ3v) is 2.83. The molecule has 0 radical (unpaired) electrons. The Morgan fingerprint density at radius 3 is 2.86 bits per heavy atom. The minimum absolute atomic E-state index is 0.464. The van der Waals surface area contributed by atoms with Crippen molar-refractivity contribution < 1.29 is 0 Å². The summed E-state index contributed by atoms with van der Waals surface area (Å²) in [6.07, 6.45) is 2.48. The molecule has 1 saturated heterocycles. The maximum absolute atomic E-state index is 4.28. The number of hydrogen-bond donors (Lipinski definition) is 2. The molecule has 1 aliphatic heterocycles. The molecule has 2 N–H and O–H groups in total. The Kier molecular flexibility index (Phi) is 2.82. The number of nitrogens with one attached hydrogen (secondary N) is 2. The molecule has 0 amide bonds. The summed E-state index contributed by atoms with van der Waals surface area (Å²) in [4.78, 5) is 0. The lowest BCUT2D eigenvalue weighted by molar-refractivity contribution is 0.451. The summed E-state index contributed by atoms with van der Waals surface area (Å²) < 4.78 is 0. The minimum Gasteiger partial charge on any atom is -0.316 e. The summed E-state index contributed by atoms with van der Waals surface area (Å²) >= 11 is 0. The van der Waals surface area contributed by atoms with E-state index in [0.717, 1.165) is 18.8 Å². The molecule has 0 aliphatic carbocycles. The molecule has 0 spiro atoms. The normalized spacial score (nSPS) is 22.9. The van der Waals surface area contributed by atoms with Gasteiger partial charge in [0, 0.05) is 12.5 Å². The maximum atomic E-state index is 4.28. The van der Waals surface area contributed by atoms with Crippen molar-refractivity contribution in [2.45, 2.75) is 38.5 Å². The lowest BCUT2D eigenvalue weighted by Gasteiger charge is -2.22. The molecule has 0 saturated carbocycles. The predicted molar refractivity (Wildman–Crippen MR) is 55.3 cm³/mol. The van der Waals surface area contributed by atoms with Crippen LogP contribution in [0.25, 0.3) is 0 Å². The lowest BCUT2D eigenvalue weighted by Crippen LogP contribution is -2.29. The number of rotatable bonds is 2. The van der Waals surface area contributed by atoms with Crippen LogP contribution in [0.1, 0.15) is 49.9 Å². The van der Waals surface area contributed by atoms with Crippen molar-refractivity contribution in [1.29, 1.82) is 0 Å². The van der Waals surface area contributed by atoms with Crippen LogP contribution >= 0.6 is 0 Å². The fraction of sp³-hybridized carbons (Fsp3) is 0.800. The second-order valence-corrected chi connectivity index (χ2v) is 4.29. The highest BCUT2D eigenvalue weighted by Crippen LogP contribution is 2.26. The van der Waals surface area contributed by atoms with Crippen molar-refractivity contribution in [2.24, 2.45) is 0 Å². The van der Waals surface area contributed by atoms with Gasteiger partial charge in [0.2, 0.25) is 0 Å². The second kappa shape index (κ2) is 4.09. The second-order valence-electron chi connectivity index (χ2n) is 4.29. The topological polar surface area (TPSA) is 53.6 Å². The smallest absolute Gasteiger partial charge is 0.0902 e. The van der Waals surface area contributed by atoms with Gasteiger partial charge in [0.1, 0.15) is 0 Å². The van der Waals surface area contributed by atoms with Crippen molar-refractivity contribution in [3.05, 3.63) is 11.4 Å². The van der Waals surface area contributed by atoms with Gasteiger partial charge in [-0.05, 0) is 25.3 Å². The number of piperidine rings is 1. The first-order valence-corrected chi connectivity index (χ1v) is 5.40. The molecule has 2 heterocycles. The third-order valence-electron chi connectivity index (χ3n) is 2.83. The first kappa shape index (κ1) is 9.65. The summed E-state index contributed by atoms with van der Waals surface area (Å²) in [5.74, 6) is 1.02. The van der Waals surface area contributed by atoms with Crippen LogP contribution in [0.3, 0.4) is 0 Å². The number of H-pyrrole nitrogens is 1. The van der Waals surface area contributed by atoms with E-state index in [1.54, 1.807) is 0 Å². The SMILES string of the molecule is CC(C)c1n[nH]nc1C1CCCNC1. The van der Waals surface area contributed by atoms with Gasteiger partial charge < -0.3 is 5.32 Å². The van der Waals surface area contributed by atoms with Crippen LogP contribution in [0.15, 0.2) is 0 Å². The van der Waals surface area contributed by atoms with Crippen LogP contribution in [0.2, 0.25) is 0 Å². The molecule has 0 bridgehead atoms. The van der Waals surface area contributed by atoms with E-state index in [4.69, 9.17) is 0 Å².